The van der Waals surface area contributed by atoms with Gasteiger partial charge in [0.1, 0.15) is 11.3 Å². The van der Waals surface area contributed by atoms with Gasteiger partial charge in [0.2, 0.25) is 0 Å². The number of benzene rings is 1. The molecule has 2 aliphatic heterocycles. The van der Waals surface area contributed by atoms with E-state index in [-0.39, 0.29) is 0 Å². The van der Waals surface area contributed by atoms with Crippen molar-refractivity contribution >= 4 is 0 Å². The second-order valence-corrected chi connectivity index (χ2v) is 6.21. The first kappa shape index (κ1) is 14.4. The number of fused-ring (bicyclic) bond motifs is 1. The van der Waals surface area contributed by atoms with Crippen LogP contribution in [-0.2, 0) is 5.54 Å². The molecule has 2 aliphatic rings. The molecule has 1 aromatic rings. The van der Waals surface area contributed by atoms with Crippen LogP contribution in [-0.4, -0.2) is 49.6 Å². The van der Waals surface area contributed by atoms with E-state index in [0.29, 0.717) is 6.61 Å². The minimum Gasteiger partial charge on any atom is -0.493 e. The second-order valence-electron chi connectivity index (χ2n) is 6.21. The first-order valence-electron chi connectivity index (χ1n) is 7.74. The van der Waals surface area contributed by atoms with Gasteiger partial charge >= 0.3 is 0 Å². The molecule has 4 heteroatoms. The number of aryl methyl sites for hydroxylation is 1. The molecule has 4 nitrogen and oxygen atoms in total. The largest absolute Gasteiger partial charge is 0.493 e. The molecule has 0 aromatic heterocycles. The van der Waals surface area contributed by atoms with Crippen molar-refractivity contribution in [2.24, 2.45) is 0 Å². The van der Waals surface area contributed by atoms with E-state index in [9.17, 15) is 5.26 Å². The van der Waals surface area contributed by atoms with Gasteiger partial charge in [-0.2, -0.15) is 5.26 Å². The number of piperazine rings is 1. The summed E-state index contributed by atoms with van der Waals surface area (Å²) in [5.74, 6) is 0.888. The maximum Gasteiger partial charge on any atom is 0.138 e. The Morgan fingerprint density at radius 3 is 2.71 bits per heavy atom. The van der Waals surface area contributed by atoms with E-state index in [2.05, 4.69) is 42.0 Å². The van der Waals surface area contributed by atoms with Gasteiger partial charge in [-0.25, -0.2) is 0 Å². The summed E-state index contributed by atoms with van der Waals surface area (Å²) in [5, 5.41) is 10.1. The Morgan fingerprint density at radius 2 is 2.00 bits per heavy atom. The maximum absolute atomic E-state index is 10.1. The van der Waals surface area contributed by atoms with Gasteiger partial charge in [-0.1, -0.05) is 11.6 Å². The van der Waals surface area contributed by atoms with E-state index in [4.69, 9.17) is 4.74 Å². The molecule has 0 aliphatic carbocycles. The molecule has 0 bridgehead atoms. The monoisotopic (exact) mass is 285 g/mol. The Hall–Kier alpha value is -1.57. The zero-order chi connectivity index (χ0) is 14.9. The minimum atomic E-state index is -0.529. The molecule has 3 rings (SSSR count). The van der Waals surface area contributed by atoms with Crippen LogP contribution in [0.25, 0.3) is 0 Å². The van der Waals surface area contributed by atoms with Crippen molar-refractivity contribution in [1.82, 2.24) is 9.80 Å². The zero-order valence-corrected chi connectivity index (χ0v) is 12.9. The van der Waals surface area contributed by atoms with E-state index in [1.54, 1.807) is 0 Å². The highest BCUT2D eigenvalue weighted by Gasteiger charge is 2.42. The molecule has 1 aromatic carbocycles. The summed E-state index contributed by atoms with van der Waals surface area (Å²) in [6.45, 7) is 6.70. The van der Waals surface area contributed by atoms with Gasteiger partial charge in [0, 0.05) is 31.7 Å². The predicted molar refractivity (Wildman–Crippen MR) is 82.3 cm³/mol. The van der Waals surface area contributed by atoms with Crippen LogP contribution in [0.3, 0.4) is 0 Å². The number of likely N-dealkylation sites (N-methyl/N-ethyl adjacent to an activating group) is 1. The van der Waals surface area contributed by atoms with Crippen molar-refractivity contribution < 1.29 is 4.74 Å². The molecule has 0 spiro atoms. The van der Waals surface area contributed by atoms with Crippen molar-refractivity contribution in [1.29, 1.82) is 5.26 Å². The lowest BCUT2D eigenvalue weighted by Gasteiger charge is -2.43. The first-order valence-corrected chi connectivity index (χ1v) is 7.74. The third kappa shape index (κ3) is 2.52. The summed E-state index contributed by atoms with van der Waals surface area (Å²) < 4.78 is 5.88. The predicted octanol–water partition coefficient (Wildman–Crippen LogP) is 2.13. The lowest BCUT2D eigenvalue weighted by atomic mass is 9.83. The molecule has 1 fully saturated rings. The maximum atomic E-state index is 10.1. The van der Waals surface area contributed by atoms with Crippen LogP contribution in [0.2, 0.25) is 0 Å². The lowest BCUT2D eigenvalue weighted by molar-refractivity contribution is 0.0666. The van der Waals surface area contributed by atoms with E-state index in [1.807, 2.05) is 6.07 Å². The highest BCUT2D eigenvalue weighted by Crippen LogP contribution is 2.41. The van der Waals surface area contributed by atoms with Crippen LogP contribution in [0.5, 0.6) is 5.75 Å². The van der Waals surface area contributed by atoms with E-state index in [0.717, 1.165) is 50.3 Å². The average molecular weight is 285 g/mol. The zero-order valence-electron chi connectivity index (χ0n) is 12.9. The molecule has 0 N–H and O–H groups in total. The second kappa shape index (κ2) is 5.67. The van der Waals surface area contributed by atoms with Crippen molar-refractivity contribution in [2.75, 3.05) is 39.8 Å². The molecular weight excluding hydrogens is 262 g/mol. The van der Waals surface area contributed by atoms with Gasteiger partial charge in [-0.3, -0.25) is 4.90 Å². The smallest absolute Gasteiger partial charge is 0.138 e. The lowest BCUT2D eigenvalue weighted by Crippen LogP contribution is -2.54. The summed E-state index contributed by atoms with van der Waals surface area (Å²) in [7, 11) is 2.14. The number of nitriles is 1. The van der Waals surface area contributed by atoms with Crippen LogP contribution in [0, 0.1) is 18.3 Å². The van der Waals surface area contributed by atoms with Gasteiger partial charge in [0.25, 0.3) is 0 Å². The van der Waals surface area contributed by atoms with Gasteiger partial charge in [0.05, 0.1) is 12.7 Å². The summed E-state index contributed by atoms with van der Waals surface area (Å²) in [6, 6.07) is 8.89. The summed E-state index contributed by atoms with van der Waals surface area (Å²) >= 11 is 0. The van der Waals surface area contributed by atoms with Crippen molar-refractivity contribution in [3.05, 3.63) is 29.3 Å². The number of hydrogen-bond donors (Lipinski definition) is 0. The Balaban J connectivity index is 2.05. The number of hydrogen-bond acceptors (Lipinski definition) is 4. The molecule has 112 valence electrons. The van der Waals surface area contributed by atoms with Gasteiger partial charge in [-0.15, -0.1) is 0 Å². The molecule has 0 amide bonds. The highest BCUT2D eigenvalue weighted by atomic mass is 16.5. The van der Waals surface area contributed by atoms with Crippen LogP contribution in [0.4, 0.5) is 0 Å². The van der Waals surface area contributed by atoms with E-state index in [1.165, 1.54) is 5.56 Å². The van der Waals surface area contributed by atoms with Crippen molar-refractivity contribution in [3.63, 3.8) is 0 Å². The third-order valence-electron chi connectivity index (χ3n) is 4.75. The SMILES string of the molecule is Cc1ccc2c(c1)C(C#N)(N1CCN(C)CC1)CCCO2. The van der Waals surface area contributed by atoms with Gasteiger partial charge in [0.15, 0.2) is 0 Å². The Labute approximate surface area is 126 Å². The van der Waals surface area contributed by atoms with Crippen LogP contribution in [0.1, 0.15) is 24.0 Å². The molecule has 1 saturated heterocycles. The molecule has 1 atom stereocenters. The third-order valence-corrected chi connectivity index (χ3v) is 4.75. The molecule has 21 heavy (non-hydrogen) atoms. The van der Waals surface area contributed by atoms with Crippen molar-refractivity contribution in [3.8, 4) is 11.8 Å². The molecule has 2 heterocycles. The first-order chi connectivity index (χ1) is 10.2. The summed E-state index contributed by atoms with van der Waals surface area (Å²) in [4.78, 5) is 4.69. The fourth-order valence-corrected chi connectivity index (χ4v) is 3.44. The molecule has 1 unspecified atom stereocenters. The van der Waals surface area contributed by atoms with Crippen LogP contribution < -0.4 is 4.74 Å². The van der Waals surface area contributed by atoms with Gasteiger partial charge < -0.3 is 9.64 Å². The molecular formula is C17H23N3O. The fraction of sp³-hybridized carbons (Fsp3) is 0.588. The Kier molecular flexibility index (Phi) is 3.88. The topological polar surface area (TPSA) is 39.5 Å². The average Bonchev–Trinajstić information content (AvgIpc) is 2.68. The fourth-order valence-electron chi connectivity index (χ4n) is 3.44. The Morgan fingerprint density at radius 1 is 1.24 bits per heavy atom. The number of ether oxygens (including phenoxy) is 1. The van der Waals surface area contributed by atoms with Gasteiger partial charge in [-0.05, 0) is 38.9 Å². The number of nitrogens with zero attached hydrogens (tertiary/aromatic N) is 3. The molecule has 0 saturated carbocycles. The highest BCUT2D eigenvalue weighted by molar-refractivity contribution is 5.46. The van der Waals surface area contributed by atoms with Crippen LogP contribution in [0.15, 0.2) is 18.2 Å². The quantitative estimate of drug-likeness (QED) is 0.792. The summed E-state index contributed by atoms with van der Waals surface area (Å²) in [6.07, 6.45) is 1.78. The van der Waals surface area contributed by atoms with E-state index >= 15 is 0 Å². The molecule has 0 radical (unpaired) electrons. The van der Waals surface area contributed by atoms with E-state index < -0.39 is 5.54 Å². The van der Waals surface area contributed by atoms with Crippen LogP contribution >= 0.6 is 0 Å². The normalized spacial score (nSPS) is 27.3. The Bertz CT molecular complexity index is 558. The standard InChI is InChI=1S/C17H23N3O/c1-14-4-5-16-15(12-14)17(13-18,6-3-11-21-16)20-9-7-19(2)8-10-20/h4-5,12H,3,6-11H2,1-2H3. The minimum absolute atomic E-state index is 0.529. The number of rotatable bonds is 1. The van der Waals surface area contributed by atoms with Crippen molar-refractivity contribution in [2.45, 2.75) is 25.3 Å². The summed E-state index contributed by atoms with van der Waals surface area (Å²) in [5.41, 5.74) is 1.72.